The van der Waals surface area contributed by atoms with Crippen LogP contribution in [0.25, 0.3) is 22.8 Å². The largest absolute Gasteiger partial charge is 0.493 e. The number of aromatic nitrogens is 3. The number of aromatic hydroxyl groups is 1. The molecule has 1 fully saturated rings. The molecule has 3 aromatic rings. The van der Waals surface area contributed by atoms with E-state index in [1.807, 2.05) is 0 Å². The highest BCUT2D eigenvalue weighted by molar-refractivity contribution is 6.33. The summed E-state index contributed by atoms with van der Waals surface area (Å²) in [6.07, 6.45) is -3.74. The Morgan fingerprint density at radius 1 is 1.10 bits per heavy atom. The fraction of sp³-hybridized carbons (Fsp3) is 0.407. The molecule has 1 aromatic heterocycles. The van der Waals surface area contributed by atoms with Crippen LogP contribution in [0.15, 0.2) is 42.5 Å². The first-order valence-electron chi connectivity index (χ1n) is 12.2. The number of hydrogen-bond donors (Lipinski definition) is 2. The molecule has 1 saturated heterocycles. The normalized spacial score (nSPS) is 14.9. The van der Waals surface area contributed by atoms with E-state index in [2.05, 4.69) is 27.2 Å². The zero-order valence-electron chi connectivity index (χ0n) is 21.6. The molecule has 4 rings (SSSR count). The van der Waals surface area contributed by atoms with E-state index in [0.717, 1.165) is 20.3 Å². The first-order valence-corrected chi connectivity index (χ1v) is 12.6. The van der Waals surface area contributed by atoms with E-state index in [4.69, 9.17) is 21.1 Å². The summed E-state index contributed by atoms with van der Waals surface area (Å²) in [7, 11) is 0. The van der Waals surface area contributed by atoms with Crippen molar-refractivity contribution in [3.63, 3.8) is 0 Å². The number of rotatable bonds is 9. The van der Waals surface area contributed by atoms with Gasteiger partial charge in [-0.3, -0.25) is 4.79 Å². The summed E-state index contributed by atoms with van der Waals surface area (Å²) >= 11 is 6.35. The molecule has 0 spiro atoms. The van der Waals surface area contributed by atoms with Crippen LogP contribution in [-0.4, -0.2) is 52.0 Å². The molecule has 2 heterocycles. The van der Waals surface area contributed by atoms with Crippen LogP contribution < -0.4 is 10.1 Å². The number of nitrogens with one attached hydrogen (secondary N) is 1. The fourth-order valence-electron chi connectivity index (χ4n) is 3.72. The van der Waals surface area contributed by atoms with Crippen LogP contribution in [0.4, 0.5) is 13.2 Å². The molecule has 0 unspecified atom stereocenters. The molecule has 1 amide bonds. The van der Waals surface area contributed by atoms with Gasteiger partial charge in [-0.1, -0.05) is 24.6 Å². The highest BCUT2D eigenvalue weighted by atomic mass is 35.5. The van der Waals surface area contributed by atoms with E-state index in [1.165, 1.54) is 12.1 Å². The maximum absolute atomic E-state index is 13.2. The molecular weight excluding hydrogens is 537 g/mol. The first kappa shape index (κ1) is 28.6. The van der Waals surface area contributed by atoms with Gasteiger partial charge in [0.2, 0.25) is 5.91 Å². The van der Waals surface area contributed by atoms with E-state index < -0.39 is 23.5 Å². The lowest BCUT2D eigenvalue weighted by atomic mass is 9.84. The number of nitrogens with zero attached hydrogens (tertiary/aromatic N) is 3. The first-order chi connectivity index (χ1) is 18.3. The van der Waals surface area contributed by atoms with Crippen LogP contribution in [0.3, 0.4) is 0 Å². The van der Waals surface area contributed by atoms with Crippen LogP contribution in [-0.2, 0) is 16.1 Å². The molecule has 0 radical (unpaired) electrons. The summed E-state index contributed by atoms with van der Waals surface area (Å²) in [6, 6.07) is 11.1. The Morgan fingerprint density at radius 3 is 2.36 bits per heavy atom. The third-order valence-electron chi connectivity index (χ3n) is 6.85. The molecule has 2 N–H and O–H groups in total. The summed E-state index contributed by atoms with van der Waals surface area (Å²) in [4.78, 5) is 24.6. The standard InChI is InChI=1S/C27H28ClF3N4O4/c1-4-26(13-38-14-26)15-39-18-8-6-17(7-9-18)21-33-22(35-24(37)34-21)19-11-16(5-10-20(19)28)12-32-23(36)25(2,3)27(29,30)31/h5-11H,4,12-15H2,1-3H3,(H,32,36)(H,33,34,35,37). The minimum Gasteiger partial charge on any atom is -0.493 e. The average Bonchev–Trinajstić information content (AvgIpc) is 2.87. The summed E-state index contributed by atoms with van der Waals surface area (Å²) in [5.74, 6) is -0.252. The number of carbonyl (C=O) groups is 1. The van der Waals surface area contributed by atoms with E-state index in [-0.39, 0.29) is 28.6 Å². The summed E-state index contributed by atoms with van der Waals surface area (Å²) in [5, 5.41) is 12.7. The van der Waals surface area contributed by atoms with Crippen molar-refractivity contribution >= 4 is 17.5 Å². The van der Waals surface area contributed by atoms with Gasteiger partial charge in [-0.25, -0.2) is 4.98 Å². The minimum atomic E-state index is -4.70. The SMILES string of the molecule is CCC1(COc2ccc(-c3nc(O)nc(-c4cc(CNC(=O)C(C)(C)C(F)(F)F)ccc4Cl)n3)cc2)COC1. The van der Waals surface area contributed by atoms with Crippen LogP contribution in [0, 0.1) is 10.8 Å². The van der Waals surface area contributed by atoms with E-state index in [0.29, 0.717) is 42.3 Å². The fourth-order valence-corrected chi connectivity index (χ4v) is 3.92. The Kier molecular flexibility index (Phi) is 8.04. The van der Waals surface area contributed by atoms with Crippen LogP contribution in [0.5, 0.6) is 11.8 Å². The molecule has 39 heavy (non-hydrogen) atoms. The Hall–Kier alpha value is -3.44. The van der Waals surface area contributed by atoms with Crippen molar-refractivity contribution in [3.8, 4) is 34.5 Å². The van der Waals surface area contributed by atoms with Crippen molar-refractivity contribution in [2.45, 2.75) is 39.9 Å². The Labute approximate surface area is 228 Å². The number of halogens is 4. The van der Waals surface area contributed by atoms with Crippen molar-refractivity contribution in [1.82, 2.24) is 20.3 Å². The van der Waals surface area contributed by atoms with Crippen LogP contribution in [0.2, 0.25) is 5.02 Å². The second kappa shape index (κ2) is 11.0. The summed E-state index contributed by atoms with van der Waals surface area (Å²) in [6.45, 7) is 5.45. The van der Waals surface area contributed by atoms with Gasteiger partial charge in [0, 0.05) is 17.7 Å². The maximum Gasteiger partial charge on any atom is 0.402 e. The molecule has 0 saturated carbocycles. The zero-order chi connectivity index (χ0) is 28.4. The van der Waals surface area contributed by atoms with Crippen LogP contribution in [0.1, 0.15) is 32.8 Å². The Morgan fingerprint density at radius 2 is 1.77 bits per heavy atom. The molecule has 8 nitrogen and oxygen atoms in total. The molecule has 12 heteroatoms. The summed E-state index contributed by atoms with van der Waals surface area (Å²) in [5.41, 5.74) is -1.15. The highest BCUT2D eigenvalue weighted by Gasteiger charge is 2.52. The number of benzene rings is 2. The monoisotopic (exact) mass is 564 g/mol. The summed E-state index contributed by atoms with van der Waals surface area (Å²) < 4.78 is 50.8. The van der Waals surface area contributed by atoms with Gasteiger partial charge in [0.05, 0.1) is 30.3 Å². The third-order valence-corrected chi connectivity index (χ3v) is 7.18. The minimum absolute atomic E-state index is 0.0404. The van der Waals surface area contributed by atoms with Gasteiger partial charge >= 0.3 is 12.2 Å². The van der Waals surface area contributed by atoms with E-state index >= 15 is 0 Å². The van der Waals surface area contributed by atoms with E-state index in [9.17, 15) is 23.1 Å². The Balaban J connectivity index is 1.51. The predicted molar refractivity (Wildman–Crippen MR) is 138 cm³/mol. The van der Waals surface area contributed by atoms with Gasteiger partial charge in [-0.15, -0.1) is 0 Å². The molecule has 2 aromatic carbocycles. The maximum atomic E-state index is 13.2. The molecule has 0 atom stereocenters. The van der Waals surface area contributed by atoms with Gasteiger partial charge in [0.25, 0.3) is 0 Å². The topological polar surface area (TPSA) is 106 Å². The van der Waals surface area contributed by atoms with Crippen molar-refractivity contribution < 1.29 is 32.5 Å². The van der Waals surface area contributed by atoms with Crippen LogP contribution >= 0.6 is 11.6 Å². The van der Waals surface area contributed by atoms with Gasteiger partial charge in [0.1, 0.15) is 11.2 Å². The molecule has 208 valence electrons. The second-order valence-electron chi connectivity index (χ2n) is 10.1. The molecule has 0 aliphatic carbocycles. The van der Waals surface area contributed by atoms with Crippen molar-refractivity contribution in [2.75, 3.05) is 19.8 Å². The number of alkyl halides is 3. The predicted octanol–water partition coefficient (Wildman–Crippen LogP) is 5.57. The molecular formula is C27H28ClF3N4O4. The smallest absolute Gasteiger partial charge is 0.402 e. The number of ether oxygens (including phenoxy) is 2. The van der Waals surface area contributed by atoms with E-state index in [1.54, 1.807) is 30.3 Å². The number of amides is 1. The quantitative estimate of drug-likeness (QED) is 0.350. The van der Waals surface area contributed by atoms with Crippen molar-refractivity contribution in [2.24, 2.45) is 10.8 Å². The lowest BCUT2D eigenvalue weighted by molar-refractivity contribution is -0.211. The molecule has 1 aliphatic heterocycles. The van der Waals surface area contributed by atoms with Gasteiger partial charge < -0.3 is 19.9 Å². The van der Waals surface area contributed by atoms with Gasteiger partial charge in [-0.05, 0) is 62.2 Å². The number of carbonyl (C=O) groups excluding carboxylic acids is 1. The lowest BCUT2D eigenvalue weighted by Gasteiger charge is -2.40. The molecule has 1 aliphatic rings. The third kappa shape index (κ3) is 6.25. The highest BCUT2D eigenvalue weighted by Crippen LogP contribution is 2.38. The van der Waals surface area contributed by atoms with Crippen molar-refractivity contribution in [3.05, 3.63) is 53.1 Å². The van der Waals surface area contributed by atoms with Crippen molar-refractivity contribution in [1.29, 1.82) is 0 Å². The zero-order valence-corrected chi connectivity index (χ0v) is 22.4. The Bertz CT molecular complexity index is 1340. The van der Waals surface area contributed by atoms with Gasteiger partial charge in [-0.2, -0.15) is 23.1 Å². The van der Waals surface area contributed by atoms with Gasteiger partial charge in [0.15, 0.2) is 11.6 Å². The lowest BCUT2D eigenvalue weighted by Crippen LogP contribution is -2.46. The average molecular weight is 565 g/mol. The second-order valence-corrected chi connectivity index (χ2v) is 10.5. The number of hydrogen-bond acceptors (Lipinski definition) is 7. The molecule has 0 bridgehead atoms.